The monoisotopic (exact) mass is 344 g/mol. The van der Waals surface area contributed by atoms with Crippen LogP contribution in [0.5, 0.6) is 0 Å². The summed E-state index contributed by atoms with van der Waals surface area (Å²) in [6, 6.07) is 0. The molecule has 4 aliphatic carbocycles. The van der Waals surface area contributed by atoms with E-state index in [0.29, 0.717) is 17.3 Å². The van der Waals surface area contributed by atoms with Gasteiger partial charge in [-0.3, -0.25) is 0 Å². The Bertz CT molecular complexity index is 630. The first-order valence-electron chi connectivity index (χ1n) is 10.3. The van der Waals surface area contributed by atoms with Gasteiger partial charge in [-0.25, -0.2) is 4.79 Å². The molecule has 0 saturated heterocycles. The smallest absolute Gasteiger partial charge is 0.333 e. The average Bonchev–Trinajstić information content (AvgIpc) is 3.05. The van der Waals surface area contributed by atoms with E-state index in [1.54, 1.807) is 0 Å². The lowest BCUT2D eigenvalue weighted by Crippen LogP contribution is -2.40. The van der Waals surface area contributed by atoms with Crippen LogP contribution < -0.4 is 0 Å². The van der Waals surface area contributed by atoms with Crippen LogP contribution in [0.1, 0.15) is 80.1 Å². The third kappa shape index (κ3) is 1.95. The Morgan fingerprint density at radius 3 is 1.80 bits per heavy atom. The summed E-state index contributed by atoms with van der Waals surface area (Å²) in [5.74, 6) is 1.62. The third-order valence-electron chi connectivity index (χ3n) is 10.4. The van der Waals surface area contributed by atoms with Crippen LogP contribution in [0.3, 0.4) is 0 Å². The molecule has 0 aromatic carbocycles. The minimum atomic E-state index is -0.107. The second-order valence-electron chi connectivity index (χ2n) is 11.2. The number of ether oxygens (including phenoxy) is 1. The summed E-state index contributed by atoms with van der Waals surface area (Å²) < 4.78 is 6.14. The molecule has 0 aromatic rings. The van der Waals surface area contributed by atoms with Crippen molar-refractivity contribution >= 4 is 5.97 Å². The van der Waals surface area contributed by atoms with E-state index in [2.05, 4.69) is 48.1 Å². The fourth-order valence-corrected chi connectivity index (χ4v) is 7.39. The minimum Gasteiger partial charge on any atom is -0.458 e. The molecule has 0 N–H and O–H groups in total. The number of fused-ring (bicyclic) bond motifs is 4. The van der Waals surface area contributed by atoms with Crippen molar-refractivity contribution in [2.24, 2.45) is 39.4 Å². The summed E-state index contributed by atoms with van der Waals surface area (Å²) in [7, 11) is 0. The second kappa shape index (κ2) is 4.93. The largest absolute Gasteiger partial charge is 0.458 e. The number of hydrogen-bond acceptors (Lipinski definition) is 2. The Labute approximate surface area is 153 Å². The molecule has 4 saturated carbocycles. The summed E-state index contributed by atoms with van der Waals surface area (Å²) >= 11 is 0. The molecule has 6 unspecified atom stereocenters. The van der Waals surface area contributed by atoms with Gasteiger partial charge >= 0.3 is 5.97 Å². The van der Waals surface area contributed by atoms with Crippen molar-refractivity contribution in [3.8, 4) is 0 Å². The fourth-order valence-electron chi connectivity index (χ4n) is 7.39. The first-order chi connectivity index (χ1) is 11.4. The molecule has 140 valence electrons. The van der Waals surface area contributed by atoms with Crippen molar-refractivity contribution in [2.45, 2.75) is 86.2 Å². The van der Waals surface area contributed by atoms with Gasteiger partial charge in [0, 0.05) is 11.0 Å². The highest BCUT2D eigenvalue weighted by Gasteiger charge is 2.64. The lowest BCUT2D eigenvalue weighted by Gasteiger charge is -2.41. The number of carbonyl (C=O) groups excluding carboxylic acids is 1. The lowest BCUT2D eigenvalue weighted by molar-refractivity contribution is -0.153. The van der Waals surface area contributed by atoms with E-state index in [9.17, 15) is 4.79 Å². The molecule has 2 heteroatoms. The van der Waals surface area contributed by atoms with E-state index in [4.69, 9.17) is 4.74 Å². The van der Waals surface area contributed by atoms with Crippen LogP contribution in [0.4, 0.5) is 0 Å². The van der Waals surface area contributed by atoms with E-state index in [1.807, 2.05) is 0 Å². The van der Waals surface area contributed by atoms with Gasteiger partial charge in [-0.2, -0.15) is 0 Å². The van der Waals surface area contributed by atoms with Crippen LogP contribution in [0.25, 0.3) is 0 Å². The Morgan fingerprint density at radius 2 is 1.40 bits per heavy atom. The molecule has 0 radical (unpaired) electrons. The normalized spacial score (nSPS) is 48.7. The summed E-state index contributed by atoms with van der Waals surface area (Å²) in [5, 5.41) is 0. The topological polar surface area (TPSA) is 26.3 Å². The number of rotatable bonds is 3. The summed E-state index contributed by atoms with van der Waals surface area (Å²) in [6.07, 6.45) is 7.23. The first-order valence-corrected chi connectivity index (χ1v) is 10.3. The molecular weight excluding hydrogens is 308 g/mol. The van der Waals surface area contributed by atoms with Crippen molar-refractivity contribution in [1.29, 1.82) is 0 Å². The highest BCUT2D eigenvalue weighted by molar-refractivity contribution is 5.89. The van der Waals surface area contributed by atoms with Crippen molar-refractivity contribution in [1.82, 2.24) is 0 Å². The predicted octanol–water partition coefficient (Wildman–Crippen LogP) is 5.76. The fraction of sp³-hybridized carbons (Fsp3) is 0.870. The van der Waals surface area contributed by atoms with Gasteiger partial charge in [0.2, 0.25) is 0 Å². The maximum absolute atomic E-state index is 13.0. The van der Waals surface area contributed by atoms with E-state index in [0.717, 1.165) is 24.3 Å². The Morgan fingerprint density at radius 1 is 0.880 bits per heavy atom. The minimum absolute atomic E-state index is 0.0740. The standard InChI is InChI=1S/C23H36O2/c1-14(17-12-15-8-10-22(17,6)20(15,2)3)19(24)25-18-13-16-9-11-23(18,7)21(16,4)5/h15-18H,1,8-13H2,2-7H3. The first kappa shape index (κ1) is 17.6. The Kier molecular flexibility index (Phi) is 3.47. The Balaban J connectivity index is 1.49. The van der Waals surface area contributed by atoms with Gasteiger partial charge in [0.05, 0.1) is 0 Å². The third-order valence-corrected chi connectivity index (χ3v) is 10.4. The van der Waals surface area contributed by atoms with Crippen molar-refractivity contribution in [3.63, 3.8) is 0 Å². The van der Waals surface area contributed by atoms with Gasteiger partial charge in [-0.15, -0.1) is 0 Å². The van der Waals surface area contributed by atoms with Gasteiger partial charge in [-0.05, 0) is 72.5 Å². The Hall–Kier alpha value is -0.790. The summed E-state index contributed by atoms with van der Waals surface area (Å²) in [6.45, 7) is 18.5. The number of esters is 1. The van der Waals surface area contributed by atoms with E-state index in [1.165, 1.54) is 25.7 Å². The van der Waals surface area contributed by atoms with E-state index < -0.39 is 0 Å². The maximum Gasteiger partial charge on any atom is 0.333 e. The van der Waals surface area contributed by atoms with Gasteiger partial charge < -0.3 is 4.74 Å². The molecule has 25 heavy (non-hydrogen) atoms. The maximum atomic E-state index is 13.0. The van der Waals surface area contributed by atoms with Crippen molar-refractivity contribution in [2.75, 3.05) is 0 Å². The quantitative estimate of drug-likeness (QED) is 0.480. The van der Waals surface area contributed by atoms with Gasteiger partial charge in [-0.1, -0.05) is 48.1 Å². The number of hydrogen-bond donors (Lipinski definition) is 0. The molecule has 2 nitrogen and oxygen atoms in total. The summed E-state index contributed by atoms with van der Waals surface area (Å²) in [5.41, 5.74) is 1.67. The molecule has 6 atom stereocenters. The highest BCUT2D eigenvalue weighted by atomic mass is 16.5. The van der Waals surface area contributed by atoms with Crippen molar-refractivity contribution in [3.05, 3.63) is 12.2 Å². The average molecular weight is 345 g/mol. The summed E-state index contributed by atoms with van der Waals surface area (Å²) in [4.78, 5) is 13.0. The molecule has 0 aliphatic heterocycles. The van der Waals surface area contributed by atoms with Gasteiger partial charge in [0.1, 0.15) is 6.10 Å². The molecular formula is C23H36O2. The van der Waals surface area contributed by atoms with Crippen LogP contribution in [0.2, 0.25) is 0 Å². The van der Waals surface area contributed by atoms with E-state index in [-0.39, 0.29) is 28.3 Å². The molecule has 4 rings (SSSR count). The lowest BCUT2D eigenvalue weighted by atomic mass is 9.65. The van der Waals surface area contributed by atoms with Crippen LogP contribution >= 0.6 is 0 Å². The molecule has 0 heterocycles. The zero-order chi connectivity index (χ0) is 18.4. The highest BCUT2D eigenvalue weighted by Crippen LogP contribution is 2.70. The van der Waals surface area contributed by atoms with Crippen LogP contribution in [-0.4, -0.2) is 12.1 Å². The molecule has 4 aliphatic rings. The molecule has 0 amide bonds. The van der Waals surface area contributed by atoms with Crippen LogP contribution in [-0.2, 0) is 9.53 Å². The molecule has 4 bridgehead atoms. The number of carbonyl (C=O) groups is 1. The second-order valence-corrected chi connectivity index (χ2v) is 11.2. The zero-order valence-electron chi connectivity index (χ0n) is 17.1. The SMILES string of the molecule is C=C(C(=O)OC1CC2CCC1(C)C2(C)C)C1CC2CCC1(C)C2(C)C. The van der Waals surface area contributed by atoms with Gasteiger partial charge in [0.15, 0.2) is 0 Å². The molecule has 4 fully saturated rings. The van der Waals surface area contributed by atoms with Crippen LogP contribution in [0.15, 0.2) is 12.2 Å². The van der Waals surface area contributed by atoms with Crippen LogP contribution in [0, 0.1) is 39.4 Å². The molecule has 0 spiro atoms. The zero-order valence-corrected chi connectivity index (χ0v) is 17.1. The van der Waals surface area contributed by atoms with Crippen molar-refractivity contribution < 1.29 is 9.53 Å². The van der Waals surface area contributed by atoms with Gasteiger partial charge in [0.25, 0.3) is 0 Å². The van der Waals surface area contributed by atoms with E-state index >= 15 is 0 Å². The molecule has 0 aromatic heterocycles. The predicted molar refractivity (Wildman–Crippen MR) is 101 cm³/mol.